The third kappa shape index (κ3) is 6.00. The molecule has 0 unspecified atom stereocenters. The lowest BCUT2D eigenvalue weighted by atomic mass is 10.1. The number of hydrogen-bond acceptors (Lipinski definition) is 4. The van der Waals surface area contributed by atoms with Crippen molar-refractivity contribution in [1.29, 1.82) is 0 Å². The molecule has 0 radical (unpaired) electrons. The highest BCUT2D eigenvalue weighted by atomic mass is 35.5. The van der Waals surface area contributed by atoms with E-state index >= 15 is 0 Å². The van der Waals surface area contributed by atoms with Crippen molar-refractivity contribution in [3.05, 3.63) is 59.1 Å². The molecule has 27 heavy (non-hydrogen) atoms. The van der Waals surface area contributed by atoms with Gasteiger partial charge in [-0.3, -0.25) is 4.79 Å². The Hall–Kier alpha value is -2.00. The molecule has 2 rings (SSSR count). The molecule has 9 heteroatoms. The molecule has 0 aliphatic carbocycles. The van der Waals surface area contributed by atoms with E-state index in [1.165, 1.54) is 26.2 Å². The number of nitrogens with zero attached hydrogens (tertiary/aromatic N) is 1. The van der Waals surface area contributed by atoms with E-state index in [2.05, 4.69) is 10.6 Å². The molecule has 0 saturated heterocycles. The second-order valence-corrected chi connectivity index (χ2v) is 8.87. The van der Waals surface area contributed by atoms with Gasteiger partial charge in [0, 0.05) is 31.2 Å². The fourth-order valence-corrected chi connectivity index (χ4v) is 3.59. The number of aryl methyl sites for hydroxylation is 1. The number of nitrogens with one attached hydrogen (secondary N) is 2. The normalized spacial score (nSPS) is 11.3. The third-order valence-electron chi connectivity index (χ3n) is 3.72. The van der Waals surface area contributed by atoms with Crippen LogP contribution in [0.4, 0.5) is 5.69 Å². The Morgan fingerprint density at radius 2 is 1.74 bits per heavy atom. The van der Waals surface area contributed by atoms with Crippen molar-refractivity contribution >= 4 is 50.5 Å². The van der Waals surface area contributed by atoms with E-state index < -0.39 is 10.0 Å². The van der Waals surface area contributed by atoms with Crippen molar-refractivity contribution in [3.63, 3.8) is 0 Å². The number of carbonyl (C=O) groups excluding carboxylic acids is 1. The second-order valence-electron chi connectivity index (χ2n) is 5.91. The molecule has 0 bridgehead atoms. The molecule has 0 aliphatic heterocycles. The second kappa shape index (κ2) is 9.27. The fraction of sp³-hybridized carbons (Fsp3) is 0.222. The minimum atomic E-state index is -3.49. The summed E-state index contributed by atoms with van der Waals surface area (Å²) in [4.78, 5) is 12.2. The zero-order chi connectivity index (χ0) is 20.0. The van der Waals surface area contributed by atoms with Crippen LogP contribution in [0, 0.1) is 0 Å². The maximum atomic E-state index is 12.0. The van der Waals surface area contributed by atoms with Gasteiger partial charge in [0.15, 0.2) is 5.11 Å². The van der Waals surface area contributed by atoms with Crippen molar-refractivity contribution in [2.45, 2.75) is 17.7 Å². The standard InChI is InChI=1S/C18H20ClN3O3S2/c1-22(2)27(24,25)15-10-8-14(9-11-15)20-18(26)21-17(23)12-7-13-5-3-4-6-16(13)19/h3-6,8-11H,7,12H2,1-2H3,(H2,20,21,23,26). The van der Waals surface area contributed by atoms with Crippen molar-refractivity contribution < 1.29 is 13.2 Å². The van der Waals surface area contributed by atoms with Gasteiger partial charge in [-0.1, -0.05) is 29.8 Å². The predicted molar refractivity (Wildman–Crippen MR) is 111 cm³/mol. The predicted octanol–water partition coefficient (Wildman–Crippen LogP) is 3.04. The summed E-state index contributed by atoms with van der Waals surface area (Å²) in [5.41, 5.74) is 1.47. The summed E-state index contributed by atoms with van der Waals surface area (Å²) in [6, 6.07) is 13.5. The molecule has 0 heterocycles. The van der Waals surface area contributed by atoms with Gasteiger partial charge in [-0.15, -0.1) is 0 Å². The molecule has 2 aromatic carbocycles. The molecule has 1 amide bonds. The summed E-state index contributed by atoms with van der Waals surface area (Å²) in [5.74, 6) is -0.237. The number of sulfonamides is 1. The SMILES string of the molecule is CN(C)S(=O)(=O)c1ccc(NC(=S)NC(=O)CCc2ccccc2Cl)cc1. The highest BCUT2D eigenvalue weighted by Gasteiger charge is 2.16. The number of amides is 1. The molecule has 0 spiro atoms. The Morgan fingerprint density at radius 1 is 1.11 bits per heavy atom. The van der Waals surface area contributed by atoms with Gasteiger partial charge in [0.25, 0.3) is 0 Å². The van der Waals surface area contributed by atoms with Crippen LogP contribution in [0.5, 0.6) is 0 Å². The number of hydrogen-bond donors (Lipinski definition) is 2. The van der Waals surface area contributed by atoms with Crippen molar-refractivity contribution in [3.8, 4) is 0 Å². The number of benzene rings is 2. The van der Waals surface area contributed by atoms with Gasteiger partial charge in [0.05, 0.1) is 4.90 Å². The molecule has 0 atom stereocenters. The van der Waals surface area contributed by atoms with Crippen LogP contribution in [-0.4, -0.2) is 37.8 Å². The molecule has 0 saturated carbocycles. The average Bonchev–Trinajstić information content (AvgIpc) is 2.61. The van der Waals surface area contributed by atoms with Crippen LogP contribution >= 0.6 is 23.8 Å². The van der Waals surface area contributed by atoms with E-state index in [0.717, 1.165) is 9.87 Å². The Kier molecular flexibility index (Phi) is 7.32. The fourth-order valence-electron chi connectivity index (χ4n) is 2.22. The summed E-state index contributed by atoms with van der Waals surface area (Å²) in [5, 5.41) is 6.21. The van der Waals surface area contributed by atoms with Crippen LogP contribution in [0.15, 0.2) is 53.4 Å². The number of thiocarbonyl (C=S) groups is 1. The molecule has 2 aromatic rings. The minimum absolute atomic E-state index is 0.141. The monoisotopic (exact) mass is 425 g/mol. The lowest BCUT2D eigenvalue weighted by Crippen LogP contribution is -2.34. The number of halogens is 1. The molecule has 0 fully saturated rings. The van der Waals surface area contributed by atoms with E-state index in [9.17, 15) is 13.2 Å². The summed E-state index contributed by atoms with van der Waals surface area (Å²) in [6.45, 7) is 0. The van der Waals surface area contributed by atoms with Crippen molar-refractivity contribution in [2.75, 3.05) is 19.4 Å². The van der Waals surface area contributed by atoms with Crippen molar-refractivity contribution in [2.24, 2.45) is 0 Å². The zero-order valence-corrected chi connectivity index (χ0v) is 17.3. The minimum Gasteiger partial charge on any atom is -0.332 e. The third-order valence-corrected chi connectivity index (χ3v) is 6.13. The Labute approximate surface area is 169 Å². The number of rotatable bonds is 6. The van der Waals surface area contributed by atoms with E-state index in [1.807, 2.05) is 18.2 Å². The van der Waals surface area contributed by atoms with Gasteiger partial charge >= 0.3 is 0 Å². The molecular formula is C18H20ClN3O3S2. The lowest BCUT2D eigenvalue weighted by Gasteiger charge is -2.13. The van der Waals surface area contributed by atoms with Gasteiger partial charge < -0.3 is 10.6 Å². The summed E-state index contributed by atoms with van der Waals surface area (Å²) in [7, 11) is -0.552. The highest BCUT2D eigenvalue weighted by Crippen LogP contribution is 2.17. The lowest BCUT2D eigenvalue weighted by molar-refractivity contribution is -0.119. The summed E-state index contributed by atoms with van der Waals surface area (Å²) >= 11 is 11.2. The van der Waals surface area contributed by atoms with Crippen LogP contribution in [0.2, 0.25) is 5.02 Å². The molecule has 0 aromatic heterocycles. The maximum Gasteiger partial charge on any atom is 0.242 e. The van der Waals surface area contributed by atoms with Crippen LogP contribution in [-0.2, 0) is 21.2 Å². The summed E-state index contributed by atoms with van der Waals surface area (Å²) < 4.78 is 25.2. The first-order chi connectivity index (χ1) is 12.7. The molecule has 6 nitrogen and oxygen atoms in total. The van der Waals surface area contributed by atoms with Gasteiger partial charge in [0.2, 0.25) is 15.9 Å². The molecule has 2 N–H and O–H groups in total. The quantitative estimate of drug-likeness (QED) is 0.695. The zero-order valence-electron chi connectivity index (χ0n) is 14.9. The smallest absolute Gasteiger partial charge is 0.242 e. The maximum absolute atomic E-state index is 12.0. The highest BCUT2D eigenvalue weighted by molar-refractivity contribution is 7.89. The van der Waals surface area contributed by atoms with Crippen LogP contribution in [0.3, 0.4) is 0 Å². The van der Waals surface area contributed by atoms with Crippen molar-refractivity contribution in [1.82, 2.24) is 9.62 Å². The number of anilines is 1. The Morgan fingerprint density at radius 3 is 2.33 bits per heavy atom. The topological polar surface area (TPSA) is 78.5 Å². The van der Waals surface area contributed by atoms with Gasteiger partial charge in [-0.05, 0) is 54.5 Å². The Balaban J connectivity index is 1.88. The Bertz CT molecular complexity index is 929. The van der Waals surface area contributed by atoms with Gasteiger partial charge in [-0.2, -0.15) is 0 Å². The molecule has 144 valence electrons. The number of carbonyl (C=O) groups is 1. The van der Waals surface area contributed by atoms with Crippen LogP contribution in [0.25, 0.3) is 0 Å². The largest absolute Gasteiger partial charge is 0.332 e. The van der Waals surface area contributed by atoms with Gasteiger partial charge in [-0.25, -0.2) is 12.7 Å². The van der Waals surface area contributed by atoms with E-state index in [0.29, 0.717) is 17.1 Å². The first-order valence-corrected chi connectivity index (χ1v) is 10.3. The molecule has 0 aliphatic rings. The first kappa shape index (κ1) is 21.3. The first-order valence-electron chi connectivity index (χ1n) is 8.07. The van der Waals surface area contributed by atoms with E-state index in [4.69, 9.17) is 23.8 Å². The van der Waals surface area contributed by atoms with E-state index in [1.54, 1.807) is 18.2 Å². The van der Waals surface area contributed by atoms with Crippen LogP contribution in [0.1, 0.15) is 12.0 Å². The van der Waals surface area contributed by atoms with Gasteiger partial charge in [0.1, 0.15) is 0 Å². The summed E-state index contributed by atoms with van der Waals surface area (Å²) in [6.07, 6.45) is 0.747. The van der Waals surface area contributed by atoms with E-state index in [-0.39, 0.29) is 22.3 Å². The average molecular weight is 426 g/mol. The van der Waals surface area contributed by atoms with Crippen LogP contribution < -0.4 is 10.6 Å². The molecular weight excluding hydrogens is 406 g/mol.